The molecule has 1 amide bonds. The van der Waals surface area contributed by atoms with Crippen LogP contribution in [0.4, 0.5) is 10.8 Å². The summed E-state index contributed by atoms with van der Waals surface area (Å²) in [6, 6.07) is 17.3. The first-order chi connectivity index (χ1) is 14.6. The first-order valence-corrected chi connectivity index (χ1v) is 10.4. The molecule has 11 heteroatoms. The van der Waals surface area contributed by atoms with Crippen molar-refractivity contribution >= 4 is 39.8 Å². The Morgan fingerprint density at radius 2 is 1.97 bits per heavy atom. The van der Waals surface area contributed by atoms with E-state index < -0.39 is 10.8 Å². The molecule has 1 N–H and O–H groups in total. The number of carbonyl (C=O) groups excluding carboxylic acids is 1. The zero-order chi connectivity index (χ0) is 20.9. The van der Waals surface area contributed by atoms with Crippen LogP contribution in [0.3, 0.4) is 0 Å². The number of amides is 1. The van der Waals surface area contributed by atoms with Gasteiger partial charge in [-0.1, -0.05) is 70.7 Å². The van der Waals surface area contributed by atoms with Crippen LogP contribution in [0.2, 0.25) is 0 Å². The van der Waals surface area contributed by atoms with Gasteiger partial charge in [0.1, 0.15) is 0 Å². The first kappa shape index (κ1) is 19.7. The maximum Gasteiger partial charge on any atom is 0.279 e. The highest BCUT2D eigenvalue weighted by Gasteiger charge is 2.16. The monoisotopic (exact) mass is 439 g/mol. The average Bonchev–Trinajstić information content (AvgIpc) is 3.43. The van der Waals surface area contributed by atoms with E-state index in [-0.39, 0.29) is 11.4 Å². The molecule has 2 aromatic carbocycles. The molecular weight excluding hydrogens is 426 g/mol. The lowest BCUT2D eigenvalue weighted by Crippen LogP contribution is -2.11. The van der Waals surface area contributed by atoms with Crippen molar-refractivity contribution in [2.45, 2.75) is 10.1 Å². The Hall–Kier alpha value is -3.57. The van der Waals surface area contributed by atoms with E-state index >= 15 is 0 Å². The maximum atomic E-state index is 12.4. The third kappa shape index (κ3) is 4.70. The van der Waals surface area contributed by atoms with Crippen LogP contribution in [0.1, 0.15) is 16.1 Å². The highest BCUT2D eigenvalue weighted by Crippen LogP contribution is 2.29. The van der Waals surface area contributed by atoms with Gasteiger partial charge in [0.15, 0.2) is 15.8 Å². The Balaban J connectivity index is 1.36. The summed E-state index contributed by atoms with van der Waals surface area (Å²) in [5, 5.41) is 25.6. The van der Waals surface area contributed by atoms with Crippen molar-refractivity contribution < 1.29 is 14.2 Å². The lowest BCUT2D eigenvalue weighted by Gasteiger charge is -1.98. The minimum Gasteiger partial charge on any atom is -0.355 e. The fraction of sp³-hybridized carbons (Fsp3) is 0.0526. The minimum absolute atomic E-state index is 0.0424. The molecule has 0 unspecified atom stereocenters. The van der Waals surface area contributed by atoms with Crippen LogP contribution in [-0.4, -0.2) is 26.2 Å². The molecule has 0 aliphatic rings. The van der Waals surface area contributed by atoms with Crippen molar-refractivity contribution in [2.24, 2.45) is 0 Å². The maximum absolute atomic E-state index is 12.4. The molecule has 2 heterocycles. The van der Waals surface area contributed by atoms with Crippen molar-refractivity contribution in [3.63, 3.8) is 0 Å². The third-order valence-electron chi connectivity index (χ3n) is 3.91. The molecule has 0 atom stereocenters. The fourth-order valence-electron chi connectivity index (χ4n) is 2.51. The Kier molecular flexibility index (Phi) is 5.82. The van der Waals surface area contributed by atoms with Gasteiger partial charge in [0.2, 0.25) is 5.13 Å². The van der Waals surface area contributed by atoms with Gasteiger partial charge in [0, 0.05) is 29.5 Å². The largest absolute Gasteiger partial charge is 0.355 e. The van der Waals surface area contributed by atoms with Gasteiger partial charge in [-0.3, -0.25) is 20.2 Å². The van der Waals surface area contributed by atoms with Gasteiger partial charge >= 0.3 is 0 Å². The summed E-state index contributed by atoms with van der Waals surface area (Å²) in [5.41, 5.74) is 1.79. The topological polar surface area (TPSA) is 124 Å². The molecule has 4 aromatic rings. The van der Waals surface area contributed by atoms with Crippen LogP contribution in [-0.2, 0) is 5.75 Å². The van der Waals surface area contributed by atoms with E-state index in [1.165, 1.54) is 35.2 Å². The molecule has 0 fully saturated rings. The number of thioether (sulfide) groups is 1. The van der Waals surface area contributed by atoms with Crippen LogP contribution in [0.15, 0.2) is 69.5 Å². The number of nitrogens with one attached hydrogen (secondary N) is 1. The number of nitrogens with zero attached hydrogens (tertiary/aromatic N) is 4. The number of benzene rings is 2. The van der Waals surface area contributed by atoms with Crippen LogP contribution in [0.25, 0.3) is 11.3 Å². The predicted octanol–water partition coefficient (Wildman–Crippen LogP) is 4.65. The molecule has 0 bridgehead atoms. The second-order valence-electron chi connectivity index (χ2n) is 5.99. The summed E-state index contributed by atoms with van der Waals surface area (Å²) in [6.45, 7) is 0. The number of aromatic nitrogens is 3. The van der Waals surface area contributed by atoms with E-state index in [0.717, 1.165) is 11.1 Å². The number of anilines is 1. The summed E-state index contributed by atoms with van der Waals surface area (Å²) in [4.78, 5) is 22.8. The molecule has 0 saturated carbocycles. The Bertz CT molecular complexity index is 1190. The van der Waals surface area contributed by atoms with Crippen molar-refractivity contribution in [1.82, 2.24) is 15.4 Å². The van der Waals surface area contributed by atoms with E-state index in [2.05, 4.69) is 20.7 Å². The zero-order valence-corrected chi connectivity index (χ0v) is 16.9. The molecule has 150 valence electrons. The predicted molar refractivity (Wildman–Crippen MR) is 112 cm³/mol. The molecule has 0 aliphatic carbocycles. The van der Waals surface area contributed by atoms with Crippen LogP contribution in [0, 0.1) is 10.1 Å². The molecule has 30 heavy (non-hydrogen) atoms. The lowest BCUT2D eigenvalue weighted by atomic mass is 10.1. The van der Waals surface area contributed by atoms with Crippen molar-refractivity contribution in [3.05, 3.63) is 82.0 Å². The molecule has 0 spiro atoms. The number of hydrogen-bond acceptors (Lipinski definition) is 9. The molecule has 0 radical (unpaired) electrons. The van der Waals surface area contributed by atoms with Gasteiger partial charge < -0.3 is 4.52 Å². The molecule has 2 aromatic heterocycles. The van der Waals surface area contributed by atoms with Gasteiger partial charge in [0.25, 0.3) is 11.6 Å². The lowest BCUT2D eigenvalue weighted by molar-refractivity contribution is -0.384. The molecule has 0 saturated heterocycles. The number of non-ortho nitro benzene ring substituents is 1. The van der Waals surface area contributed by atoms with Gasteiger partial charge in [-0.15, -0.1) is 10.2 Å². The van der Waals surface area contributed by atoms with Crippen LogP contribution in [0.5, 0.6) is 0 Å². The minimum atomic E-state index is -0.452. The second kappa shape index (κ2) is 8.84. The molecule has 9 nitrogen and oxygen atoms in total. The van der Waals surface area contributed by atoms with Gasteiger partial charge in [0.05, 0.1) is 4.92 Å². The zero-order valence-electron chi connectivity index (χ0n) is 15.2. The summed E-state index contributed by atoms with van der Waals surface area (Å²) >= 11 is 2.58. The fourth-order valence-corrected chi connectivity index (χ4v) is 4.20. The first-order valence-electron chi connectivity index (χ1n) is 8.61. The van der Waals surface area contributed by atoms with E-state index in [4.69, 9.17) is 4.52 Å². The van der Waals surface area contributed by atoms with Crippen molar-refractivity contribution in [2.75, 3.05) is 5.32 Å². The normalized spacial score (nSPS) is 10.7. The van der Waals surface area contributed by atoms with Crippen LogP contribution < -0.4 is 5.32 Å². The third-order valence-corrected chi connectivity index (χ3v) is 5.95. The van der Waals surface area contributed by atoms with Crippen molar-refractivity contribution in [3.8, 4) is 11.3 Å². The number of carbonyl (C=O) groups is 1. The van der Waals surface area contributed by atoms with Crippen molar-refractivity contribution in [1.29, 1.82) is 0 Å². The van der Waals surface area contributed by atoms with E-state index in [1.54, 1.807) is 18.2 Å². The number of nitro benzene ring substituents is 1. The van der Waals surface area contributed by atoms with E-state index in [9.17, 15) is 14.9 Å². The standard InChI is InChI=1S/C19H13N5O4S2/c25-17(15-10-16(28-23-15)13-6-2-1-3-7-13)20-18-21-22-19(30-18)29-11-12-5-4-8-14(9-12)24(26)27/h1-10H,11H2,(H,20,21,25). The Morgan fingerprint density at radius 1 is 1.13 bits per heavy atom. The highest BCUT2D eigenvalue weighted by atomic mass is 32.2. The van der Waals surface area contributed by atoms with Gasteiger partial charge in [-0.25, -0.2) is 0 Å². The SMILES string of the molecule is O=C(Nc1nnc(SCc2cccc([N+](=O)[O-])c2)s1)c1cc(-c2ccccc2)on1. The molecular formula is C19H13N5O4S2. The number of nitro groups is 1. The second-order valence-corrected chi connectivity index (χ2v) is 8.19. The molecule has 4 rings (SSSR count). The Labute approximate surface area is 178 Å². The summed E-state index contributed by atoms with van der Waals surface area (Å²) in [7, 11) is 0. The average molecular weight is 439 g/mol. The quantitative estimate of drug-likeness (QED) is 0.191. The summed E-state index contributed by atoms with van der Waals surface area (Å²) < 4.78 is 5.86. The summed E-state index contributed by atoms with van der Waals surface area (Å²) in [5.74, 6) is 0.534. The van der Waals surface area contributed by atoms with E-state index in [0.29, 0.717) is 21.0 Å². The molecule has 0 aliphatic heterocycles. The van der Waals surface area contributed by atoms with Gasteiger partial charge in [-0.2, -0.15) is 0 Å². The smallest absolute Gasteiger partial charge is 0.279 e. The highest BCUT2D eigenvalue weighted by molar-refractivity contribution is 8.00. The van der Waals surface area contributed by atoms with Crippen LogP contribution >= 0.6 is 23.1 Å². The van der Waals surface area contributed by atoms with E-state index in [1.807, 2.05) is 30.3 Å². The summed E-state index contributed by atoms with van der Waals surface area (Å²) in [6.07, 6.45) is 0. The number of rotatable bonds is 7. The number of hydrogen-bond donors (Lipinski definition) is 1. The van der Waals surface area contributed by atoms with Gasteiger partial charge in [-0.05, 0) is 5.56 Å². The Morgan fingerprint density at radius 3 is 2.77 bits per heavy atom.